The van der Waals surface area contributed by atoms with Crippen LogP contribution in [0.4, 0.5) is 0 Å². The minimum atomic E-state index is -0.884. The van der Waals surface area contributed by atoms with Gasteiger partial charge in [-0.1, -0.05) is 0 Å². The molecule has 4 nitrogen and oxygen atoms in total. The summed E-state index contributed by atoms with van der Waals surface area (Å²) in [5, 5.41) is 8.76. The smallest absolute Gasteiger partial charge is 0.326 e. The fourth-order valence-corrected chi connectivity index (χ4v) is 1.57. The van der Waals surface area contributed by atoms with Crippen LogP contribution in [0.1, 0.15) is 26.2 Å². The third-order valence-corrected chi connectivity index (χ3v) is 2.19. The number of carboxylic acid groups (broad SMARTS) is 1. The Morgan fingerprint density at radius 3 is 2.50 bits per heavy atom. The average Bonchev–Trinajstić information content (AvgIpc) is 2.04. The molecule has 1 N–H and O–H groups in total. The van der Waals surface area contributed by atoms with Gasteiger partial charge in [0.15, 0.2) is 0 Å². The first-order valence-electron chi connectivity index (χ1n) is 4.13. The first-order valence-corrected chi connectivity index (χ1v) is 4.13. The Hall–Kier alpha value is -1.06. The van der Waals surface area contributed by atoms with Crippen molar-refractivity contribution in [2.75, 3.05) is 6.54 Å². The Morgan fingerprint density at radius 1 is 1.42 bits per heavy atom. The van der Waals surface area contributed by atoms with Gasteiger partial charge in [0.1, 0.15) is 6.04 Å². The van der Waals surface area contributed by atoms with E-state index in [-0.39, 0.29) is 5.91 Å². The monoisotopic (exact) mass is 171 g/mol. The quantitative estimate of drug-likeness (QED) is 0.624. The Labute approximate surface area is 71.2 Å². The standard InChI is InChI=1S/C8H13NO3/c1-6(10)9-5-3-2-4-7(9)8(11)12/h7H,2-5H2,1H3,(H,11,12). The van der Waals surface area contributed by atoms with Crippen molar-refractivity contribution >= 4 is 11.9 Å². The molecule has 0 aromatic heterocycles. The second kappa shape index (κ2) is 3.56. The van der Waals surface area contributed by atoms with Gasteiger partial charge in [0, 0.05) is 13.5 Å². The fourth-order valence-electron chi connectivity index (χ4n) is 1.57. The number of hydrogen-bond acceptors (Lipinski definition) is 2. The SMILES string of the molecule is CC(=O)N1CCCCC1C(=O)O. The number of nitrogens with zero attached hydrogens (tertiary/aromatic N) is 1. The number of hydrogen-bond donors (Lipinski definition) is 1. The van der Waals surface area contributed by atoms with E-state index in [0.29, 0.717) is 13.0 Å². The number of carboxylic acids is 1. The Balaban J connectivity index is 2.67. The average molecular weight is 171 g/mol. The highest BCUT2D eigenvalue weighted by atomic mass is 16.4. The third kappa shape index (κ3) is 1.75. The first-order chi connectivity index (χ1) is 5.63. The maximum absolute atomic E-state index is 11.0. The summed E-state index contributed by atoms with van der Waals surface area (Å²) in [6.45, 7) is 2.01. The molecular formula is C8H13NO3. The fraction of sp³-hybridized carbons (Fsp3) is 0.750. The molecule has 0 aliphatic carbocycles. The molecule has 0 spiro atoms. The van der Waals surface area contributed by atoms with Crippen molar-refractivity contribution in [3.8, 4) is 0 Å². The van der Waals surface area contributed by atoms with Gasteiger partial charge in [-0.15, -0.1) is 0 Å². The van der Waals surface area contributed by atoms with Gasteiger partial charge in [0.05, 0.1) is 0 Å². The van der Waals surface area contributed by atoms with Crippen LogP contribution in [0.2, 0.25) is 0 Å². The molecule has 0 radical (unpaired) electrons. The molecule has 0 aromatic rings. The summed E-state index contributed by atoms with van der Waals surface area (Å²) < 4.78 is 0. The molecule has 0 saturated carbocycles. The Kier molecular flexibility index (Phi) is 2.68. The van der Waals surface area contributed by atoms with E-state index in [0.717, 1.165) is 12.8 Å². The lowest BCUT2D eigenvalue weighted by Crippen LogP contribution is -2.46. The predicted octanol–water partition coefficient (Wildman–Crippen LogP) is 0.472. The second-order valence-corrected chi connectivity index (χ2v) is 3.06. The van der Waals surface area contributed by atoms with E-state index in [1.165, 1.54) is 11.8 Å². The number of piperidine rings is 1. The molecule has 4 heteroatoms. The van der Waals surface area contributed by atoms with E-state index in [2.05, 4.69) is 0 Å². The molecule has 1 aliphatic rings. The topological polar surface area (TPSA) is 57.6 Å². The Bertz CT molecular complexity index is 180. The highest BCUT2D eigenvalue weighted by molar-refractivity contribution is 5.82. The maximum atomic E-state index is 11.0. The number of carbonyl (C=O) groups is 2. The van der Waals surface area contributed by atoms with Crippen molar-refractivity contribution in [3.05, 3.63) is 0 Å². The van der Waals surface area contributed by atoms with Gasteiger partial charge in [0.2, 0.25) is 5.91 Å². The van der Waals surface area contributed by atoms with Crippen LogP contribution in [0.25, 0.3) is 0 Å². The molecule has 0 bridgehead atoms. The van der Waals surface area contributed by atoms with Crippen LogP contribution in [0.15, 0.2) is 0 Å². The van der Waals surface area contributed by atoms with Gasteiger partial charge in [-0.3, -0.25) is 4.79 Å². The molecule has 1 saturated heterocycles. The van der Waals surface area contributed by atoms with E-state index < -0.39 is 12.0 Å². The molecule has 1 amide bonds. The molecule has 1 unspecified atom stereocenters. The molecule has 1 fully saturated rings. The molecule has 1 rings (SSSR count). The minimum Gasteiger partial charge on any atom is -0.480 e. The second-order valence-electron chi connectivity index (χ2n) is 3.06. The largest absolute Gasteiger partial charge is 0.480 e. The van der Waals surface area contributed by atoms with Crippen molar-refractivity contribution in [1.29, 1.82) is 0 Å². The van der Waals surface area contributed by atoms with Crippen LogP contribution in [-0.2, 0) is 9.59 Å². The molecule has 0 aromatic carbocycles. The van der Waals surface area contributed by atoms with E-state index in [1.54, 1.807) is 0 Å². The van der Waals surface area contributed by atoms with Gasteiger partial charge in [-0.05, 0) is 19.3 Å². The van der Waals surface area contributed by atoms with Gasteiger partial charge >= 0.3 is 5.97 Å². The van der Waals surface area contributed by atoms with Crippen molar-refractivity contribution in [2.45, 2.75) is 32.2 Å². The number of likely N-dealkylation sites (tertiary alicyclic amines) is 1. The lowest BCUT2D eigenvalue weighted by atomic mass is 10.0. The first kappa shape index (κ1) is 9.03. The van der Waals surface area contributed by atoms with Crippen molar-refractivity contribution in [3.63, 3.8) is 0 Å². The van der Waals surface area contributed by atoms with Crippen LogP contribution in [0, 0.1) is 0 Å². The van der Waals surface area contributed by atoms with E-state index in [1.807, 2.05) is 0 Å². The summed E-state index contributed by atoms with van der Waals surface area (Å²) in [5.41, 5.74) is 0. The molecule has 12 heavy (non-hydrogen) atoms. The van der Waals surface area contributed by atoms with Crippen molar-refractivity contribution < 1.29 is 14.7 Å². The molecule has 1 atom stereocenters. The highest BCUT2D eigenvalue weighted by Crippen LogP contribution is 2.16. The van der Waals surface area contributed by atoms with E-state index in [4.69, 9.17) is 5.11 Å². The number of aliphatic carboxylic acids is 1. The van der Waals surface area contributed by atoms with E-state index in [9.17, 15) is 9.59 Å². The zero-order valence-corrected chi connectivity index (χ0v) is 7.12. The summed E-state index contributed by atoms with van der Waals surface area (Å²) in [4.78, 5) is 23.1. The van der Waals surface area contributed by atoms with Gasteiger partial charge in [-0.2, -0.15) is 0 Å². The van der Waals surface area contributed by atoms with Crippen molar-refractivity contribution in [1.82, 2.24) is 4.90 Å². The maximum Gasteiger partial charge on any atom is 0.326 e. The summed E-state index contributed by atoms with van der Waals surface area (Å²) in [6, 6.07) is -0.587. The van der Waals surface area contributed by atoms with Crippen LogP contribution >= 0.6 is 0 Å². The molecule has 68 valence electrons. The summed E-state index contributed by atoms with van der Waals surface area (Å²) in [6.07, 6.45) is 2.42. The van der Waals surface area contributed by atoms with Crippen LogP contribution in [0.3, 0.4) is 0 Å². The number of rotatable bonds is 1. The highest BCUT2D eigenvalue weighted by Gasteiger charge is 2.29. The van der Waals surface area contributed by atoms with Gasteiger partial charge in [-0.25, -0.2) is 4.79 Å². The molecular weight excluding hydrogens is 158 g/mol. The predicted molar refractivity (Wildman–Crippen MR) is 42.7 cm³/mol. The summed E-state index contributed by atoms with van der Waals surface area (Å²) in [5.74, 6) is -1.02. The molecule has 1 aliphatic heterocycles. The van der Waals surface area contributed by atoms with Crippen LogP contribution in [0.5, 0.6) is 0 Å². The van der Waals surface area contributed by atoms with E-state index >= 15 is 0 Å². The minimum absolute atomic E-state index is 0.137. The van der Waals surface area contributed by atoms with Crippen LogP contribution in [-0.4, -0.2) is 34.5 Å². The number of carbonyl (C=O) groups excluding carboxylic acids is 1. The van der Waals surface area contributed by atoms with Gasteiger partial charge < -0.3 is 10.0 Å². The zero-order valence-electron chi connectivity index (χ0n) is 7.12. The summed E-state index contributed by atoms with van der Waals surface area (Å²) >= 11 is 0. The lowest BCUT2D eigenvalue weighted by Gasteiger charge is -2.31. The number of amides is 1. The van der Waals surface area contributed by atoms with Crippen molar-refractivity contribution in [2.24, 2.45) is 0 Å². The molecule has 1 heterocycles. The Morgan fingerprint density at radius 2 is 2.08 bits per heavy atom. The van der Waals surface area contributed by atoms with Gasteiger partial charge in [0.25, 0.3) is 0 Å². The summed E-state index contributed by atoms with van der Waals surface area (Å²) in [7, 11) is 0. The van der Waals surface area contributed by atoms with Crippen LogP contribution < -0.4 is 0 Å². The lowest BCUT2D eigenvalue weighted by molar-refractivity contribution is -0.151. The zero-order chi connectivity index (χ0) is 9.14. The third-order valence-electron chi connectivity index (χ3n) is 2.19. The normalized spacial score (nSPS) is 23.8.